The quantitative estimate of drug-likeness (QED) is 0.662. The second-order valence-corrected chi connectivity index (χ2v) is 5.80. The van der Waals surface area contributed by atoms with Gasteiger partial charge >= 0.3 is 0 Å². The van der Waals surface area contributed by atoms with Gasteiger partial charge in [-0.25, -0.2) is 4.98 Å². The Morgan fingerprint density at radius 1 is 0.826 bits per heavy atom. The zero-order valence-electron chi connectivity index (χ0n) is 13.0. The van der Waals surface area contributed by atoms with Crippen LogP contribution in [0.4, 0.5) is 0 Å². The molecule has 116 valence electrons. The van der Waals surface area contributed by atoms with Crippen molar-refractivity contribution in [2.45, 2.75) is 0 Å². The average molecular weight is 323 g/mol. The van der Waals surface area contributed by atoms with Gasteiger partial charge in [0.2, 0.25) is 0 Å². The summed E-state index contributed by atoms with van der Waals surface area (Å²) >= 11 is 1.63. The first-order valence-corrected chi connectivity index (χ1v) is 8.08. The van der Waals surface area contributed by atoms with E-state index >= 15 is 0 Å². The standard InChI is InChI=1S/C19H17NO2S/c1-21-16-8-3-14(4-9-16)5-12-19-20-18(13-23-19)15-6-10-17(22-2)11-7-15/h3-13H,1-2H3/b12-5+. The van der Waals surface area contributed by atoms with Crippen molar-refractivity contribution in [2.75, 3.05) is 14.2 Å². The molecule has 0 bridgehead atoms. The molecule has 0 spiro atoms. The van der Waals surface area contributed by atoms with Crippen LogP contribution in [0, 0.1) is 0 Å². The van der Waals surface area contributed by atoms with E-state index in [1.807, 2.05) is 54.6 Å². The molecule has 3 nitrogen and oxygen atoms in total. The third-order valence-electron chi connectivity index (χ3n) is 3.44. The van der Waals surface area contributed by atoms with Crippen LogP contribution in [0.3, 0.4) is 0 Å². The van der Waals surface area contributed by atoms with Crippen LogP contribution in [0.25, 0.3) is 23.4 Å². The van der Waals surface area contributed by atoms with Crippen molar-refractivity contribution in [3.63, 3.8) is 0 Å². The molecule has 2 aromatic carbocycles. The van der Waals surface area contributed by atoms with Gasteiger partial charge in [-0.1, -0.05) is 18.2 Å². The molecule has 0 aliphatic carbocycles. The highest BCUT2D eigenvalue weighted by molar-refractivity contribution is 7.10. The molecule has 0 N–H and O–H groups in total. The highest BCUT2D eigenvalue weighted by atomic mass is 32.1. The summed E-state index contributed by atoms with van der Waals surface area (Å²) in [7, 11) is 3.33. The van der Waals surface area contributed by atoms with E-state index in [4.69, 9.17) is 9.47 Å². The summed E-state index contributed by atoms with van der Waals surface area (Å²) in [5, 5.41) is 3.04. The number of hydrogen-bond donors (Lipinski definition) is 0. The molecular weight excluding hydrogens is 306 g/mol. The normalized spacial score (nSPS) is 10.9. The second kappa shape index (κ2) is 7.11. The molecule has 0 atom stereocenters. The van der Waals surface area contributed by atoms with Crippen LogP contribution < -0.4 is 9.47 Å². The maximum atomic E-state index is 5.18. The Morgan fingerprint density at radius 3 is 2.04 bits per heavy atom. The first-order chi connectivity index (χ1) is 11.3. The lowest BCUT2D eigenvalue weighted by molar-refractivity contribution is 0.414. The molecule has 23 heavy (non-hydrogen) atoms. The molecule has 3 aromatic rings. The minimum absolute atomic E-state index is 0.851. The van der Waals surface area contributed by atoms with Crippen molar-refractivity contribution < 1.29 is 9.47 Å². The van der Waals surface area contributed by atoms with Gasteiger partial charge in [0, 0.05) is 10.9 Å². The molecule has 1 aromatic heterocycles. The topological polar surface area (TPSA) is 31.4 Å². The Bertz CT molecular complexity index is 789. The van der Waals surface area contributed by atoms with E-state index in [9.17, 15) is 0 Å². The summed E-state index contributed by atoms with van der Waals surface area (Å²) in [6, 6.07) is 15.9. The van der Waals surface area contributed by atoms with Crippen LogP contribution in [0.1, 0.15) is 10.6 Å². The molecule has 3 rings (SSSR count). The molecule has 0 saturated heterocycles. The number of hydrogen-bond acceptors (Lipinski definition) is 4. The molecule has 0 aliphatic rings. The smallest absolute Gasteiger partial charge is 0.118 e. The zero-order valence-corrected chi connectivity index (χ0v) is 13.8. The predicted octanol–water partition coefficient (Wildman–Crippen LogP) is 5.00. The van der Waals surface area contributed by atoms with Crippen LogP contribution >= 0.6 is 11.3 Å². The number of methoxy groups -OCH3 is 2. The molecule has 1 heterocycles. The lowest BCUT2D eigenvalue weighted by atomic mass is 10.2. The summed E-state index contributed by atoms with van der Waals surface area (Å²) in [5.41, 5.74) is 3.19. The number of aromatic nitrogens is 1. The Hall–Kier alpha value is -2.59. The summed E-state index contributed by atoms with van der Waals surface area (Å²) in [4.78, 5) is 4.65. The van der Waals surface area contributed by atoms with Gasteiger partial charge in [-0.05, 0) is 48.0 Å². The molecule has 0 fully saturated rings. The lowest BCUT2D eigenvalue weighted by Crippen LogP contribution is -1.83. The van der Waals surface area contributed by atoms with Gasteiger partial charge in [0.05, 0.1) is 19.9 Å². The Kier molecular flexibility index (Phi) is 4.74. The highest BCUT2D eigenvalue weighted by Gasteiger charge is 2.03. The zero-order chi connectivity index (χ0) is 16.1. The molecule has 4 heteroatoms. The van der Waals surface area contributed by atoms with E-state index < -0.39 is 0 Å². The van der Waals surface area contributed by atoms with Crippen LogP contribution in [0.2, 0.25) is 0 Å². The minimum Gasteiger partial charge on any atom is -0.497 e. The first-order valence-electron chi connectivity index (χ1n) is 7.20. The Balaban J connectivity index is 1.74. The Labute approximate surface area is 139 Å². The largest absolute Gasteiger partial charge is 0.497 e. The number of rotatable bonds is 5. The van der Waals surface area contributed by atoms with Crippen LogP contribution in [-0.4, -0.2) is 19.2 Å². The number of benzene rings is 2. The fourth-order valence-electron chi connectivity index (χ4n) is 2.14. The second-order valence-electron chi connectivity index (χ2n) is 4.91. The van der Waals surface area contributed by atoms with Crippen molar-refractivity contribution in [3.8, 4) is 22.8 Å². The minimum atomic E-state index is 0.851. The van der Waals surface area contributed by atoms with Crippen molar-refractivity contribution in [1.82, 2.24) is 4.98 Å². The third-order valence-corrected chi connectivity index (χ3v) is 4.25. The van der Waals surface area contributed by atoms with Gasteiger partial charge < -0.3 is 9.47 Å². The Morgan fingerprint density at radius 2 is 1.43 bits per heavy atom. The summed E-state index contributed by atoms with van der Waals surface area (Å²) in [5.74, 6) is 1.71. The average Bonchev–Trinajstić information content (AvgIpc) is 3.09. The van der Waals surface area contributed by atoms with Gasteiger partial charge in [-0.15, -0.1) is 11.3 Å². The molecule has 0 radical (unpaired) electrons. The number of ether oxygens (including phenoxy) is 2. The SMILES string of the molecule is COc1ccc(/C=C/c2nc(-c3ccc(OC)cc3)cs2)cc1. The maximum Gasteiger partial charge on any atom is 0.118 e. The molecule has 0 amide bonds. The summed E-state index contributed by atoms with van der Waals surface area (Å²) in [6.45, 7) is 0. The maximum absolute atomic E-state index is 5.18. The third kappa shape index (κ3) is 3.79. The van der Waals surface area contributed by atoms with E-state index in [2.05, 4.69) is 16.4 Å². The van der Waals surface area contributed by atoms with Gasteiger partial charge in [0.1, 0.15) is 16.5 Å². The molecule has 0 unspecified atom stereocenters. The van der Waals surface area contributed by atoms with Gasteiger partial charge in [-0.2, -0.15) is 0 Å². The van der Waals surface area contributed by atoms with E-state index in [1.165, 1.54) is 0 Å². The van der Waals surface area contributed by atoms with Gasteiger partial charge in [0.25, 0.3) is 0 Å². The van der Waals surface area contributed by atoms with E-state index in [0.29, 0.717) is 0 Å². The van der Waals surface area contributed by atoms with Crippen molar-refractivity contribution >= 4 is 23.5 Å². The van der Waals surface area contributed by atoms with Gasteiger partial charge in [-0.3, -0.25) is 0 Å². The highest BCUT2D eigenvalue weighted by Crippen LogP contribution is 2.25. The summed E-state index contributed by atoms with van der Waals surface area (Å²) in [6.07, 6.45) is 4.08. The number of nitrogens with zero attached hydrogens (tertiary/aromatic N) is 1. The van der Waals surface area contributed by atoms with E-state index in [1.54, 1.807) is 25.6 Å². The van der Waals surface area contributed by atoms with E-state index in [0.717, 1.165) is 33.3 Å². The lowest BCUT2D eigenvalue weighted by Gasteiger charge is -2.00. The first kappa shape index (κ1) is 15.3. The van der Waals surface area contributed by atoms with Crippen LogP contribution in [0.5, 0.6) is 11.5 Å². The number of thiazole rings is 1. The fraction of sp³-hybridized carbons (Fsp3) is 0.105. The van der Waals surface area contributed by atoms with Crippen LogP contribution in [-0.2, 0) is 0 Å². The van der Waals surface area contributed by atoms with E-state index in [-0.39, 0.29) is 0 Å². The molecular formula is C19H17NO2S. The van der Waals surface area contributed by atoms with Crippen LogP contribution in [0.15, 0.2) is 53.9 Å². The molecule has 0 saturated carbocycles. The fourth-order valence-corrected chi connectivity index (χ4v) is 2.86. The predicted molar refractivity (Wildman–Crippen MR) is 96.0 cm³/mol. The summed E-state index contributed by atoms with van der Waals surface area (Å²) < 4.78 is 10.3. The molecule has 0 aliphatic heterocycles. The monoisotopic (exact) mass is 323 g/mol. The van der Waals surface area contributed by atoms with Crippen molar-refractivity contribution in [2.24, 2.45) is 0 Å². The van der Waals surface area contributed by atoms with Crippen molar-refractivity contribution in [1.29, 1.82) is 0 Å². The van der Waals surface area contributed by atoms with Crippen molar-refractivity contribution in [3.05, 3.63) is 64.5 Å². The van der Waals surface area contributed by atoms with Gasteiger partial charge in [0.15, 0.2) is 0 Å².